The normalized spacial score (nSPS) is 29.5. The van der Waals surface area contributed by atoms with Gasteiger partial charge >= 0.3 is 0 Å². The van der Waals surface area contributed by atoms with Crippen LogP contribution >= 0.6 is 11.8 Å². The van der Waals surface area contributed by atoms with Crippen LogP contribution in [0.4, 0.5) is 15.8 Å². The van der Waals surface area contributed by atoms with E-state index in [0.717, 1.165) is 10.7 Å². The summed E-state index contributed by atoms with van der Waals surface area (Å²) in [6, 6.07) is 12.2. The van der Waals surface area contributed by atoms with Crippen LogP contribution in [0.1, 0.15) is 12.0 Å². The van der Waals surface area contributed by atoms with Gasteiger partial charge in [-0.25, -0.2) is 9.29 Å². The van der Waals surface area contributed by atoms with E-state index in [-0.39, 0.29) is 17.9 Å². The minimum Gasteiger partial charge on any atom is -0.324 e. The minimum absolute atomic E-state index is 0.313. The van der Waals surface area contributed by atoms with Crippen LogP contribution in [-0.2, 0) is 19.9 Å². The first-order chi connectivity index (χ1) is 14.5. The molecule has 8 heteroatoms. The molecule has 0 aromatic heterocycles. The maximum absolute atomic E-state index is 13.6. The minimum atomic E-state index is -1.29. The number of fused-ring (bicyclic) bond motifs is 4. The molecule has 0 bridgehead atoms. The van der Waals surface area contributed by atoms with Gasteiger partial charge in [-0.05, 0) is 48.8 Å². The summed E-state index contributed by atoms with van der Waals surface area (Å²) in [5, 5.41) is 6.28. The molecule has 4 atom stereocenters. The number of halogens is 1. The Bertz CT molecular complexity index is 1060. The van der Waals surface area contributed by atoms with E-state index in [0.29, 0.717) is 23.4 Å². The van der Waals surface area contributed by atoms with Gasteiger partial charge in [-0.1, -0.05) is 18.2 Å². The van der Waals surface area contributed by atoms with Crippen LogP contribution in [0.5, 0.6) is 0 Å². The van der Waals surface area contributed by atoms with Crippen molar-refractivity contribution in [2.75, 3.05) is 22.2 Å². The van der Waals surface area contributed by atoms with Crippen molar-refractivity contribution in [1.29, 1.82) is 0 Å². The first-order valence-corrected chi connectivity index (χ1v) is 11.2. The van der Waals surface area contributed by atoms with E-state index < -0.39 is 29.1 Å². The van der Waals surface area contributed by atoms with Crippen molar-refractivity contribution < 1.29 is 18.8 Å². The topological polar surface area (TPSA) is 78.5 Å². The van der Waals surface area contributed by atoms with Gasteiger partial charge in [0.2, 0.25) is 17.7 Å². The molecule has 3 aliphatic rings. The predicted octanol–water partition coefficient (Wildman–Crippen LogP) is 2.50. The number of rotatable bonds is 4. The molecule has 0 saturated carbocycles. The van der Waals surface area contributed by atoms with Gasteiger partial charge in [0.15, 0.2) is 0 Å². The number of nitrogens with zero attached hydrogens (tertiary/aromatic N) is 1. The van der Waals surface area contributed by atoms with E-state index in [4.69, 9.17) is 0 Å². The number of hydrogen-bond donors (Lipinski definition) is 2. The third-order valence-corrected chi connectivity index (χ3v) is 6.98. The molecule has 30 heavy (non-hydrogen) atoms. The smallest absolute Gasteiger partial charge is 0.250 e. The number of benzene rings is 2. The molecular weight excluding hydrogens is 405 g/mol. The molecule has 3 heterocycles. The van der Waals surface area contributed by atoms with Gasteiger partial charge in [-0.15, -0.1) is 0 Å². The summed E-state index contributed by atoms with van der Waals surface area (Å²) in [6.45, 7) is 0. The Labute approximate surface area is 177 Å². The van der Waals surface area contributed by atoms with E-state index in [1.807, 2.05) is 24.5 Å². The zero-order valence-electron chi connectivity index (χ0n) is 16.2. The van der Waals surface area contributed by atoms with Crippen LogP contribution in [0, 0.1) is 17.7 Å². The lowest BCUT2D eigenvalue weighted by atomic mass is 9.76. The largest absolute Gasteiger partial charge is 0.324 e. The van der Waals surface area contributed by atoms with Crippen LogP contribution < -0.4 is 15.5 Å². The second-order valence-corrected chi connectivity index (χ2v) is 8.82. The van der Waals surface area contributed by atoms with Crippen molar-refractivity contribution in [1.82, 2.24) is 5.32 Å². The molecule has 0 radical (unpaired) electrons. The number of para-hydroxylation sites is 1. The number of carbonyl (C=O) groups is 3. The standard InChI is InChI=1S/C22H20FN3O3S/c1-30-11-10-16-17-18(20(28)26(19(17)27)13-8-6-12(23)7-9-13)22(25-16)14-4-2-3-5-15(14)24-21(22)29/h2-9,16-18,25H,10-11H2,1H3,(H,24,29)/t16-,17-,18-,22-/m0/s1. The Morgan fingerprint density at radius 2 is 1.80 bits per heavy atom. The molecule has 2 N–H and O–H groups in total. The second kappa shape index (κ2) is 6.92. The third kappa shape index (κ3) is 2.50. The number of nitrogens with one attached hydrogen (secondary N) is 2. The summed E-state index contributed by atoms with van der Waals surface area (Å²) in [5.41, 5.74) is 0.385. The molecule has 2 aromatic rings. The highest BCUT2D eigenvalue weighted by molar-refractivity contribution is 7.98. The Hall–Kier alpha value is -2.71. The highest BCUT2D eigenvalue weighted by atomic mass is 32.2. The van der Waals surface area contributed by atoms with Crippen LogP contribution in [0.25, 0.3) is 0 Å². The fourth-order valence-electron chi connectivity index (χ4n) is 5.10. The number of amides is 3. The van der Waals surface area contributed by atoms with E-state index in [1.165, 1.54) is 24.3 Å². The summed E-state index contributed by atoms with van der Waals surface area (Å²) < 4.78 is 13.4. The molecule has 2 fully saturated rings. The lowest BCUT2D eigenvalue weighted by Gasteiger charge is -2.29. The zero-order valence-corrected chi connectivity index (χ0v) is 17.0. The molecule has 0 unspecified atom stereocenters. The van der Waals surface area contributed by atoms with Crippen LogP contribution in [-0.4, -0.2) is 35.8 Å². The van der Waals surface area contributed by atoms with Crippen molar-refractivity contribution >= 4 is 40.9 Å². The van der Waals surface area contributed by atoms with Gasteiger partial charge in [-0.3, -0.25) is 19.7 Å². The first-order valence-electron chi connectivity index (χ1n) is 9.80. The van der Waals surface area contributed by atoms with Crippen molar-refractivity contribution in [2.24, 2.45) is 11.8 Å². The Morgan fingerprint density at radius 1 is 1.07 bits per heavy atom. The maximum Gasteiger partial charge on any atom is 0.250 e. The third-order valence-electron chi connectivity index (χ3n) is 6.34. The van der Waals surface area contributed by atoms with Gasteiger partial charge < -0.3 is 5.32 Å². The average molecular weight is 425 g/mol. The van der Waals surface area contributed by atoms with Gasteiger partial charge in [0.25, 0.3) is 0 Å². The quantitative estimate of drug-likeness (QED) is 0.736. The van der Waals surface area contributed by atoms with Gasteiger partial charge in [0.1, 0.15) is 11.4 Å². The number of carbonyl (C=O) groups excluding carboxylic acids is 3. The highest BCUT2D eigenvalue weighted by Crippen LogP contribution is 2.53. The van der Waals surface area contributed by atoms with Crippen LogP contribution in [0.15, 0.2) is 48.5 Å². The van der Waals surface area contributed by atoms with Crippen molar-refractivity contribution in [2.45, 2.75) is 18.0 Å². The predicted molar refractivity (Wildman–Crippen MR) is 113 cm³/mol. The monoisotopic (exact) mass is 425 g/mol. The highest BCUT2D eigenvalue weighted by Gasteiger charge is 2.70. The summed E-state index contributed by atoms with van der Waals surface area (Å²) in [6.07, 6.45) is 2.63. The van der Waals surface area contributed by atoms with E-state index in [9.17, 15) is 18.8 Å². The molecule has 3 amide bonds. The van der Waals surface area contributed by atoms with E-state index >= 15 is 0 Å². The van der Waals surface area contributed by atoms with Crippen molar-refractivity contribution in [3.05, 3.63) is 59.9 Å². The molecule has 2 saturated heterocycles. The van der Waals surface area contributed by atoms with Crippen molar-refractivity contribution in [3.8, 4) is 0 Å². The number of imide groups is 1. The lowest BCUT2D eigenvalue weighted by Crippen LogP contribution is -2.53. The maximum atomic E-state index is 13.6. The van der Waals surface area contributed by atoms with Crippen LogP contribution in [0.3, 0.4) is 0 Å². The van der Waals surface area contributed by atoms with Gasteiger partial charge in [-0.2, -0.15) is 11.8 Å². The lowest BCUT2D eigenvalue weighted by molar-refractivity contribution is -0.130. The Kier molecular flexibility index (Phi) is 4.44. The second-order valence-electron chi connectivity index (χ2n) is 7.83. The molecule has 3 aliphatic heterocycles. The molecule has 154 valence electrons. The van der Waals surface area contributed by atoms with Gasteiger partial charge in [0.05, 0.1) is 17.5 Å². The summed E-state index contributed by atoms with van der Waals surface area (Å²) in [5.74, 6) is -2.26. The molecule has 5 rings (SSSR count). The summed E-state index contributed by atoms with van der Waals surface area (Å²) >= 11 is 1.65. The van der Waals surface area contributed by atoms with Crippen LogP contribution in [0.2, 0.25) is 0 Å². The number of thioether (sulfide) groups is 1. The molecule has 0 aliphatic carbocycles. The molecule has 2 aromatic carbocycles. The van der Waals surface area contributed by atoms with Gasteiger partial charge in [0, 0.05) is 17.3 Å². The summed E-state index contributed by atoms with van der Waals surface area (Å²) in [4.78, 5) is 41.4. The molecule has 6 nitrogen and oxygen atoms in total. The Morgan fingerprint density at radius 3 is 2.53 bits per heavy atom. The zero-order chi connectivity index (χ0) is 21.0. The number of anilines is 2. The van der Waals surface area contributed by atoms with Crippen molar-refractivity contribution in [3.63, 3.8) is 0 Å². The Balaban J connectivity index is 1.64. The fraction of sp³-hybridized carbons (Fsp3) is 0.318. The molecular formula is C22H20FN3O3S. The first kappa shape index (κ1) is 19.3. The SMILES string of the molecule is CSCC[C@@H]1N[C@]2(C(=O)Nc3ccccc32)[C@@H]2C(=O)N(c3ccc(F)cc3)C(=O)[C@@H]12. The number of hydrogen-bond acceptors (Lipinski definition) is 5. The van der Waals surface area contributed by atoms with E-state index in [2.05, 4.69) is 10.6 Å². The van der Waals surface area contributed by atoms with E-state index in [1.54, 1.807) is 17.8 Å². The summed E-state index contributed by atoms with van der Waals surface area (Å²) in [7, 11) is 0. The fourth-order valence-corrected chi connectivity index (χ4v) is 5.59. The molecule has 1 spiro atoms. The average Bonchev–Trinajstić information content (AvgIpc) is 3.32.